The van der Waals surface area contributed by atoms with E-state index in [4.69, 9.17) is 9.84 Å². The minimum absolute atomic E-state index is 0. The Morgan fingerprint density at radius 3 is 2.23 bits per heavy atom. The fraction of sp³-hybridized carbons (Fsp3) is 1.00. The smallest absolute Gasteiger partial charge is 0.0900 e. The van der Waals surface area contributed by atoms with Crippen molar-refractivity contribution < 1.29 is 39.8 Å². The topological polar surface area (TPSA) is 56.2 Å². The lowest BCUT2D eigenvalue weighted by atomic mass is 9.75. The SMILES string of the molecule is CC1CCC(C(C)C)C(OCC(O)CN2CCN(CCO)CC2)C1.[Cl-].[Cl-]. The molecule has 1 heterocycles. The number of halogens is 2. The van der Waals surface area contributed by atoms with Crippen LogP contribution in [0.2, 0.25) is 0 Å². The Hall–Kier alpha value is 0.380. The predicted octanol–water partition coefficient (Wildman–Crippen LogP) is -4.56. The van der Waals surface area contributed by atoms with E-state index in [0.717, 1.165) is 45.1 Å². The molecule has 0 amide bonds. The summed E-state index contributed by atoms with van der Waals surface area (Å²) >= 11 is 0. The van der Waals surface area contributed by atoms with Crippen LogP contribution in [0, 0.1) is 17.8 Å². The maximum absolute atomic E-state index is 10.4. The van der Waals surface area contributed by atoms with Crippen LogP contribution >= 0.6 is 0 Å². The van der Waals surface area contributed by atoms with E-state index in [1.807, 2.05) is 0 Å². The Morgan fingerprint density at radius 1 is 1.04 bits per heavy atom. The molecule has 2 aliphatic rings. The Balaban J connectivity index is 0.00000312. The summed E-state index contributed by atoms with van der Waals surface area (Å²) in [4.78, 5) is 4.58. The molecule has 7 heteroatoms. The van der Waals surface area contributed by atoms with Crippen molar-refractivity contribution in [2.24, 2.45) is 17.8 Å². The second-order valence-electron chi connectivity index (χ2n) is 8.22. The van der Waals surface area contributed by atoms with Crippen molar-refractivity contribution in [2.75, 3.05) is 52.5 Å². The maximum Gasteiger partial charge on any atom is 0.0900 e. The predicted molar refractivity (Wildman–Crippen MR) is 97.1 cm³/mol. The van der Waals surface area contributed by atoms with Crippen LogP contribution in [0.5, 0.6) is 0 Å². The van der Waals surface area contributed by atoms with Crippen LogP contribution in [0.25, 0.3) is 0 Å². The standard InChI is InChI=1S/C19H38N2O3.2ClH/c1-15(2)18-5-4-16(3)12-19(18)24-14-17(23)13-21-8-6-20(7-9-21)10-11-22;;/h15-19,22-23H,4-14H2,1-3H3;2*1H/p-2. The lowest BCUT2D eigenvalue weighted by Gasteiger charge is -2.38. The second-order valence-corrected chi connectivity index (χ2v) is 8.22. The van der Waals surface area contributed by atoms with Crippen LogP contribution in [0.15, 0.2) is 0 Å². The van der Waals surface area contributed by atoms with E-state index in [9.17, 15) is 5.11 Å². The van der Waals surface area contributed by atoms with E-state index in [0.29, 0.717) is 31.1 Å². The molecule has 0 spiro atoms. The van der Waals surface area contributed by atoms with E-state index < -0.39 is 6.10 Å². The zero-order valence-corrected chi connectivity index (χ0v) is 18.1. The molecule has 2 fully saturated rings. The first-order chi connectivity index (χ1) is 11.5. The number of nitrogens with zero attached hydrogens (tertiary/aromatic N) is 2. The number of rotatable bonds is 8. The number of piperazine rings is 1. The van der Waals surface area contributed by atoms with Crippen LogP contribution in [0.4, 0.5) is 0 Å². The molecule has 0 radical (unpaired) electrons. The molecule has 4 unspecified atom stereocenters. The van der Waals surface area contributed by atoms with Gasteiger partial charge in [-0.15, -0.1) is 0 Å². The average molecular weight is 413 g/mol. The number of aliphatic hydroxyl groups is 2. The number of hydrogen-bond acceptors (Lipinski definition) is 5. The Labute approximate surface area is 172 Å². The molecule has 0 aromatic rings. The van der Waals surface area contributed by atoms with Crippen molar-refractivity contribution in [3.63, 3.8) is 0 Å². The molecule has 158 valence electrons. The van der Waals surface area contributed by atoms with E-state index in [-0.39, 0.29) is 31.4 Å². The summed E-state index contributed by atoms with van der Waals surface area (Å²) in [6, 6.07) is 0. The number of aliphatic hydroxyl groups excluding tert-OH is 2. The van der Waals surface area contributed by atoms with Gasteiger partial charge in [0.1, 0.15) is 0 Å². The first kappa shape index (κ1) is 26.4. The van der Waals surface area contributed by atoms with Crippen LogP contribution in [0.1, 0.15) is 40.0 Å². The first-order valence-corrected chi connectivity index (χ1v) is 9.84. The highest BCUT2D eigenvalue weighted by Gasteiger charge is 2.32. The highest BCUT2D eigenvalue weighted by Crippen LogP contribution is 2.35. The van der Waals surface area contributed by atoms with Crippen molar-refractivity contribution in [2.45, 2.75) is 52.2 Å². The second kappa shape index (κ2) is 13.5. The van der Waals surface area contributed by atoms with E-state index in [2.05, 4.69) is 30.6 Å². The Bertz CT molecular complexity index is 356. The van der Waals surface area contributed by atoms with Gasteiger partial charge in [-0.25, -0.2) is 0 Å². The molecule has 0 bridgehead atoms. The molecule has 1 saturated carbocycles. The van der Waals surface area contributed by atoms with Crippen molar-refractivity contribution >= 4 is 0 Å². The quantitative estimate of drug-likeness (QED) is 0.420. The molecule has 0 aromatic carbocycles. The highest BCUT2D eigenvalue weighted by molar-refractivity contribution is 4.82. The zero-order chi connectivity index (χ0) is 17.5. The minimum atomic E-state index is -0.403. The molecule has 1 saturated heterocycles. The molecule has 2 N–H and O–H groups in total. The van der Waals surface area contributed by atoms with Crippen molar-refractivity contribution in [1.29, 1.82) is 0 Å². The fourth-order valence-corrected chi connectivity index (χ4v) is 4.23. The monoisotopic (exact) mass is 412 g/mol. The molecule has 0 aromatic heterocycles. The molecule has 1 aliphatic carbocycles. The lowest BCUT2D eigenvalue weighted by molar-refractivity contribution is -0.0755. The van der Waals surface area contributed by atoms with Gasteiger partial charge >= 0.3 is 0 Å². The van der Waals surface area contributed by atoms with Crippen molar-refractivity contribution in [3.8, 4) is 0 Å². The third kappa shape index (κ3) is 8.59. The fourth-order valence-electron chi connectivity index (χ4n) is 4.23. The molecule has 26 heavy (non-hydrogen) atoms. The number of ether oxygens (including phenoxy) is 1. The normalized spacial score (nSPS) is 29.1. The summed E-state index contributed by atoms with van der Waals surface area (Å²) < 4.78 is 6.17. The summed E-state index contributed by atoms with van der Waals surface area (Å²) in [5.74, 6) is 2.02. The van der Waals surface area contributed by atoms with E-state index >= 15 is 0 Å². The average Bonchev–Trinajstić information content (AvgIpc) is 2.55. The van der Waals surface area contributed by atoms with Crippen LogP contribution < -0.4 is 24.8 Å². The summed E-state index contributed by atoms with van der Waals surface area (Å²) in [5, 5.41) is 19.4. The number of β-amino-alcohol motifs (C(OH)–C–C–N with tert-alkyl or cyclic N) is 2. The molecule has 1 aliphatic heterocycles. The summed E-state index contributed by atoms with van der Waals surface area (Å²) in [6.07, 6.45) is 3.61. The van der Waals surface area contributed by atoms with Gasteiger partial charge in [0.25, 0.3) is 0 Å². The molecule has 2 rings (SSSR count). The molecular weight excluding hydrogens is 375 g/mol. The molecular formula is C19H38Cl2N2O3-2. The summed E-state index contributed by atoms with van der Waals surface area (Å²) in [5.41, 5.74) is 0. The van der Waals surface area contributed by atoms with Crippen molar-refractivity contribution in [1.82, 2.24) is 9.80 Å². The van der Waals surface area contributed by atoms with Gasteiger partial charge < -0.3 is 39.8 Å². The molecule has 4 atom stereocenters. The third-order valence-corrected chi connectivity index (χ3v) is 5.81. The van der Waals surface area contributed by atoms with Crippen LogP contribution in [0.3, 0.4) is 0 Å². The summed E-state index contributed by atoms with van der Waals surface area (Å²) in [7, 11) is 0. The number of hydrogen-bond donors (Lipinski definition) is 2. The third-order valence-electron chi connectivity index (χ3n) is 5.81. The van der Waals surface area contributed by atoms with Gasteiger partial charge in [-0.2, -0.15) is 0 Å². The van der Waals surface area contributed by atoms with Gasteiger partial charge in [0.2, 0.25) is 0 Å². The van der Waals surface area contributed by atoms with Gasteiger partial charge in [-0.1, -0.05) is 27.2 Å². The molecule has 5 nitrogen and oxygen atoms in total. The summed E-state index contributed by atoms with van der Waals surface area (Å²) in [6.45, 7) is 12.9. The van der Waals surface area contributed by atoms with Gasteiger partial charge in [-0.3, -0.25) is 9.80 Å². The Kier molecular flexibility index (Phi) is 13.7. The van der Waals surface area contributed by atoms with Gasteiger partial charge in [0.05, 0.1) is 25.4 Å². The largest absolute Gasteiger partial charge is 1.00 e. The minimum Gasteiger partial charge on any atom is -1.00 e. The highest BCUT2D eigenvalue weighted by atomic mass is 35.5. The van der Waals surface area contributed by atoms with E-state index in [1.165, 1.54) is 12.8 Å². The van der Waals surface area contributed by atoms with Gasteiger partial charge in [0.15, 0.2) is 0 Å². The van der Waals surface area contributed by atoms with Gasteiger partial charge in [0, 0.05) is 39.3 Å². The zero-order valence-electron chi connectivity index (χ0n) is 16.6. The van der Waals surface area contributed by atoms with Crippen molar-refractivity contribution in [3.05, 3.63) is 0 Å². The van der Waals surface area contributed by atoms with Crippen LogP contribution in [-0.2, 0) is 4.74 Å². The van der Waals surface area contributed by atoms with E-state index in [1.54, 1.807) is 0 Å². The van der Waals surface area contributed by atoms with Gasteiger partial charge in [-0.05, 0) is 30.6 Å². The first-order valence-electron chi connectivity index (χ1n) is 9.84. The maximum atomic E-state index is 10.4. The Morgan fingerprint density at radius 2 is 1.65 bits per heavy atom. The lowest BCUT2D eigenvalue weighted by Crippen LogP contribution is -3.00. The van der Waals surface area contributed by atoms with Crippen LogP contribution in [-0.4, -0.2) is 84.7 Å².